The van der Waals surface area contributed by atoms with Crippen molar-refractivity contribution in [1.82, 2.24) is 4.90 Å². The van der Waals surface area contributed by atoms with Gasteiger partial charge in [-0.25, -0.2) is 4.39 Å². The van der Waals surface area contributed by atoms with Gasteiger partial charge < -0.3 is 9.64 Å². The number of ether oxygens (including phenoxy) is 1. The summed E-state index contributed by atoms with van der Waals surface area (Å²) in [6, 6.07) is 3.12. The van der Waals surface area contributed by atoms with Crippen molar-refractivity contribution in [3.63, 3.8) is 0 Å². The zero-order chi connectivity index (χ0) is 12.8. The van der Waals surface area contributed by atoms with E-state index in [4.69, 9.17) is 11.2 Å². The van der Waals surface area contributed by atoms with Crippen molar-refractivity contribution < 1.29 is 9.13 Å². The van der Waals surface area contributed by atoms with Crippen LogP contribution in [0.1, 0.15) is 12.0 Å². The lowest BCUT2D eigenvalue weighted by Gasteiger charge is -2.11. The van der Waals surface area contributed by atoms with E-state index in [0.29, 0.717) is 17.9 Å². The van der Waals surface area contributed by atoms with Crippen molar-refractivity contribution in [2.45, 2.75) is 6.42 Å². The van der Waals surface area contributed by atoms with Crippen LogP contribution >= 0.6 is 0 Å². The van der Waals surface area contributed by atoms with Gasteiger partial charge in [0.15, 0.2) is 0 Å². The monoisotopic (exact) mass is 233 g/mol. The second kappa shape index (κ2) is 6.31. The van der Waals surface area contributed by atoms with Crippen LogP contribution in [0.5, 0.6) is 5.75 Å². The fourth-order valence-corrected chi connectivity index (χ4v) is 1.55. The number of nitrogens with zero attached hydrogens (tertiary/aromatic N) is 1. The third-order valence-electron chi connectivity index (χ3n) is 2.42. The van der Waals surface area contributed by atoms with Gasteiger partial charge in [0.05, 0.1) is 12.2 Å². The number of hydrogen-bond acceptors (Lipinski definition) is 2. The fraction of sp³-hybridized carbons (Fsp3) is 0.385. The second-order valence-corrected chi connectivity index (χ2v) is 4.25. The highest BCUT2D eigenvalue weighted by atomic mass is 19.1. The molecule has 1 aromatic rings. The predicted molar refractivity (Wildman–Crippen MR) is 71.2 cm³/mol. The van der Waals surface area contributed by atoms with Crippen LogP contribution in [0.4, 0.5) is 4.39 Å². The van der Waals surface area contributed by atoms with E-state index in [1.807, 2.05) is 14.1 Å². The minimum Gasteiger partial charge on any atom is -0.493 e. The van der Waals surface area contributed by atoms with Crippen molar-refractivity contribution in [2.75, 3.05) is 27.2 Å². The third kappa shape index (κ3) is 4.12. The first-order valence-corrected chi connectivity index (χ1v) is 5.59. The molecular weight excluding hydrogens is 216 g/mol. The highest BCUT2D eigenvalue weighted by molar-refractivity contribution is 6.34. The third-order valence-corrected chi connectivity index (χ3v) is 2.42. The summed E-state index contributed by atoms with van der Waals surface area (Å²) in [5.41, 5.74) is 1.04. The highest BCUT2D eigenvalue weighted by Crippen LogP contribution is 2.14. The zero-order valence-electron chi connectivity index (χ0n) is 10.6. The standard InChI is InChI=1S/C13H17BFNO/c1-4-11-12(14)8-10(9-13(11)15)17-7-5-6-16(2)3/h1,8-9H,5-7,14H2,2-3H3. The van der Waals surface area contributed by atoms with Crippen molar-refractivity contribution in [3.05, 3.63) is 23.5 Å². The summed E-state index contributed by atoms with van der Waals surface area (Å²) in [6.45, 7) is 1.52. The van der Waals surface area contributed by atoms with E-state index in [0.717, 1.165) is 18.4 Å². The molecule has 0 saturated heterocycles. The SMILES string of the molecule is Bc1cc(OCCCN(C)C)cc(F)c1C#C. The zero-order valence-corrected chi connectivity index (χ0v) is 10.6. The molecule has 0 aliphatic carbocycles. The molecule has 4 heteroatoms. The molecule has 17 heavy (non-hydrogen) atoms. The van der Waals surface area contributed by atoms with Gasteiger partial charge in [0.25, 0.3) is 0 Å². The van der Waals surface area contributed by atoms with Gasteiger partial charge in [-0.05, 0) is 26.6 Å². The van der Waals surface area contributed by atoms with Crippen molar-refractivity contribution in [1.29, 1.82) is 0 Å². The first kappa shape index (κ1) is 13.6. The smallest absolute Gasteiger partial charge is 0.141 e. The predicted octanol–water partition coefficient (Wildman–Crippen LogP) is 0.396. The Hall–Kier alpha value is -1.47. The average molecular weight is 233 g/mol. The van der Waals surface area contributed by atoms with Gasteiger partial charge in [0.2, 0.25) is 0 Å². The van der Waals surface area contributed by atoms with E-state index in [9.17, 15) is 4.39 Å². The van der Waals surface area contributed by atoms with E-state index in [-0.39, 0.29) is 0 Å². The molecule has 0 N–H and O–H groups in total. The molecule has 0 atom stereocenters. The molecule has 0 radical (unpaired) electrons. The van der Waals surface area contributed by atoms with Crippen LogP contribution in [0.2, 0.25) is 0 Å². The maximum atomic E-state index is 13.5. The minimum absolute atomic E-state index is 0.311. The van der Waals surface area contributed by atoms with Crippen LogP contribution in [0, 0.1) is 18.2 Å². The molecule has 0 fully saturated rings. The van der Waals surface area contributed by atoms with Crippen LogP contribution < -0.4 is 10.2 Å². The Bertz CT molecular complexity index is 403. The molecule has 90 valence electrons. The summed E-state index contributed by atoms with van der Waals surface area (Å²) in [7, 11) is 5.79. The molecule has 0 aromatic heterocycles. The summed E-state index contributed by atoms with van der Waals surface area (Å²) in [5, 5.41) is 0. The Morgan fingerprint density at radius 2 is 2.18 bits per heavy atom. The van der Waals surface area contributed by atoms with Crippen LogP contribution in [0.25, 0.3) is 0 Å². The maximum absolute atomic E-state index is 13.5. The average Bonchev–Trinajstić information content (AvgIpc) is 2.24. The molecule has 1 aromatic carbocycles. The number of hydrogen-bond donors (Lipinski definition) is 0. The molecule has 0 aliphatic rings. The summed E-state index contributed by atoms with van der Waals surface area (Å²) < 4.78 is 19.0. The molecule has 0 saturated carbocycles. The van der Waals surface area contributed by atoms with Gasteiger partial charge in [0, 0.05) is 12.6 Å². The quantitative estimate of drug-likeness (QED) is 0.414. The Balaban J connectivity index is 2.59. The summed E-state index contributed by atoms with van der Waals surface area (Å²) >= 11 is 0. The van der Waals surface area contributed by atoms with Gasteiger partial charge >= 0.3 is 0 Å². The molecule has 0 aliphatic heterocycles. The lowest BCUT2D eigenvalue weighted by atomic mass is 9.90. The van der Waals surface area contributed by atoms with E-state index < -0.39 is 5.82 Å². The molecule has 0 amide bonds. The molecule has 1 rings (SSSR count). The Morgan fingerprint density at radius 3 is 2.71 bits per heavy atom. The minimum atomic E-state index is -0.393. The number of terminal acetylenes is 1. The van der Waals surface area contributed by atoms with E-state index in [2.05, 4.69) is 10.8 Å². The largest absolute Gasteiger partial charge is 0.493 e. The number of halogens is 1. The molecule has 2 nitrogen and oxygen atoms in total. The van der Waals surface area contributed by atoms with E-state index in [1.165, 1.54) is 6.07 Å². The summed E-state index contributed by atoms with van der Waals surface area (Å²) in [4.78, 5) is 2.08. The Kier molecular flexibility index (Phi) is 5.05. The maximum Gasteiger partial charge on any atom is 0.141 e. The van der Waals surface area contributed by atoms with Crippen LogP contribution in [0.15, 0.2) is 12.1 Å². The summed E-state index contributed by atoms with van der Waals surface area (Å²) in [5.74, 6) is 2.48. The molecule has 0 bridgehead atoms. The van der Waals surface area contributed by atoms with Gasteiger partial charge in [-0.15, -0.1) is 6.42 Å². The molecule has 0 spiro atoms. The topological polar surface area (TPSA) is 12.5 Å². The van der Waals surface area contributed by atoms with Crippen molar-refractivity contribution in [3.8, 4) is 18.1 Å². The second-order valence-electron chi connectivity index (χ2n) is 4.25. The van der Waals surface area contributed by atoms with Crippen molar-refractivity contribution in [2.24, 2.45) is 0 Å². The number of rotatable bonds is 5. The van der Waals surface area contributed by atoms with Crippen molar-refractivity contribution >= 4 is 13.3 Å². The highest BCUT2D eigenvalue weighted by Gasteiger charge is 2.06. The van der Waals surface area contributed by atoms with Gasteiger partial charge in [-0.2, -0.15) is 0 Å². The lowest BCUT2D eigenvalue weighted by Crippen LogP contribution is -2.16. The van der Waals surface area contributed by atoms with Gasteiger partial charge in [-0.3, -0.25) is 0 Å². The van der Waals surface area contributed by atoms with Gasteiger partial charge in [0.1, 0.15) is 19.4 Å². The molecule has 0 unspecified atom stereocenters. The first-order chi connectivity index (χ1) is 8.04. The number of benzene rings is 1. The molecular formula is C13H17BFNO. The van der Waals surface area contributed by atoms with Crippen LogP contribution in [-0.2, 0) is 0 Å². The van der Waals surface area contributed by atoms with Crippen LogP contribution in [0.3, 0.4) is 0 Å². The fourth-order valence-electron chi connectivity index (χ4n) is 1.55. The van der Waals surface area contributed by atoms with E-state index >= 15 is 0 Å². The van der Waals surface area contributed by atoms with Crippen LogP contribution in [-0.4, -0.2) is 40.0 Å². The van der Waals surface area contributed by atoms with Gasteiger partial charge in [-0.1, -0.05) is 11.4 Å². The Labute approximate surface area is 103 Å². The first-order valence-electron chi connectivity index (χ1n) is 5.59. The lowest BCUT2D eigenvalue weighted by molar-refractivity contribution is 0.281. The normalized spacial score (nSPS) is 10.3. The Morgan fingerprint density at radius 1 is 1.47 bits per heavy atom. The molecule has 0 heterocycles. The van der Waals surface area contributed by atoms with E-state index in [1.54, 1.807) is 13.9 Å². The summed E-state index contributed by atoms with van der Waals surface area (Å²) in [6.07, 6.45) is 6.13.